The Kier molecular flexibility index (Phi) is 4.96. The van der Waals surface area contributed by atoms with Gasteiger partial charge in [0.15, 0.2) is 5.78 Å². The third-order valence-electron chi connectivity index (χ3n) is 2.57. The topological polar surface area (TPSA) is 104 Å². The van der Waals surface area contributed by atoms with Gasteiger partial charge in [0.25, 0.3) is 15.8 Å². The van der Waals surface area contributed by atoms with Gasteiger partial charge in [-0.2, -0.15) is 8.42 Å². The van der Waals surface area contributed by atoms with Crippen LogP contribution in [0.15, 0.2) is 29.2 Å². The molecular weight excluding hydrogens is 286 g/mol. The number of ketones is 1. The third kappa shape index (κ3) is 3.84. The highest BCUT2D eigenvalue weighted by molar-refractivity contribution is 7.86. The second kappa shape index (κ2) is 6.10. The standard InChI is InChI=1S/C12H15NO6S/c1-8(2)12(9(3)14)19-20(17,18)11-6-4-10(5-7-11)13(15)16/h4-8,12H,1-3H3. The average molecular weight is 301 g/mol. The highest BCUT2D eigenvalue weighted by Gasteiger charge is 2.27. The molecule has 1 atom stereocenters. The van der Waals surface area contributed by atoms with Gasteiger partial charge in [-0.1, -0.05) is 13.8 Å². The van der Waals surface area contributed by atoms with E-state index in [2.05, 4.69) is 0 Å². The summed E-state index contributed by atoms with van der Waals surface area (Å²) in [6.07, 6.45) is -1.07. The van der Waals surface area contributed by atoms with Crippen LogP contribution < -0.4 is 0 Å². The summed E-state index contributed by atoms with van der Waals surface area (Å²) in [5.74, 6) is -0.703. The van der Waals surface area contributed by atoms with Crippen LogP contribution in [-0.2, 0) is 19.1 Å². The number of nitro groups is 1. The predicted octanol–water partition coefficient (Wildman–Crippen LogP) is 1.91. The molecule has 0 aliphatic carbocycles. The first-order valence-corrected chi connectivity index (χ1v) is 7.24. The molecule has 0 N–H and O–H groups in total. The Balaban J connectivity index is 3.04. The molecule has 0 saturated carbocycles. The van der Waals surface area contributed by atoms with Crippen molar-refractivity contribution >= 4 is 21.6 Å². The molecule has 1 aromatic carbocycles. The number of nitro benzene ring substituents is 1. The minimum Gasteiger partial charge on any atom is -0.297 e. The van der Waals surface area contributed by atoms with Crippen LogP contribution in [0.3, 0.4) is 0 Å². The molecule has 0 radical (unpaired) electrons. The van der Waals surface area contributed by atoms with Crippen LogP contribution in [0.4, 0.5) is 5.69 Å². The van der Waals surface area contributed by atoms with Gasteiger partial charge in [0.2, 0.25) is 0 Å². The van der Waals surface area contributed by atoms with E-state index in [4.69, 9.17) is 4.18 Å². The van der Waals surface area contributed by atoms with Gasteiger partial charge in [-0.25, -0.2) is 0 Å². The number of carbonyl (C=O) groups is 1. The van der Waals surface area contributed by atoms with Crippen LogP contribution in [0, 0.1) is 16.0 Å². The van der Waals surface area contributed by atoms with Gasteiger partial charge in [-0.3, -0.25) is 19.1 Å². The molecule has 0 heterocycles. The lowest BCUT2D eigenvalue weighted by atomic mass is 10.1. The molecule has 1 unspecified atom stereocenters. The fourth-order valence-corrected chi connectivity index (χ4v) is 2.79. The van der Waals surface area contributed by atoms with Crippen molar-refractivity contribution in [2.45, 2.75) is 31.8 Å². The van der Waals surface area contributed by atoms with Gasteiger partial charge in [-0.05, 0) is 25.0 Å². The Labute approximate surface area is 116 Å². The van der Waals surface area contributed by atoms with E-state index < -0.39 is 26.9 Å². The lowest BCUT2D eigenvalue weighted by molar-refractivity contribution is -0.384. The van der Waals surface area contributed by atoms with E-state index in [-0.39, 0.29) is 16.5 Å². The minimum atomic E-state index is -4.14. The van der Waals surface area contributed by atoms with Crippen LogP contribution in [0.1, 0.15) is 20.8 Å². The monoisotopic (exact) mass is 301 g/mol. The van der Waals surface area contributed by atoms with Gasteiger partial charge in [0, 0.05) is 12.1 Å². The lowest BCUT2D eigenvalue weighted by Gasteiger charge is -2.17. The largest absolute Gasteiger partial charge is 0.297 e. The molecule has 0 aliphatic rings. The SMILES string of the molecule is CC(=O)C(OS(=O)(=O)c1ccc([N+](=O)[O-])cc1)C(C)C. The number of benzene rings is 1. The smallest absolute Gasteiger partial charge is 0.297 e. The summed E-state index contributed by atoms with van der Waals surface area (Å²) < 4.78 is 28.9. The van der Waals surface area contributed by atoms with Crippen LogP contribution in [-0.4, -0.2) is 25.2 Å². The van der Waals surface area contributed by atoms with Gasteiger partial charge in [0.1, 0.15) is 6.10 Å². The molecule has 0 amide bonds. The summed E-state index contributed by atoms with van der Waals surface area (Å²) >= 11 is 0. The van der Waals surface area contributed by atoms with E-state index in [0.717, 1.165) is 24.3 Å². The molecule has 0 bridgehead atoms. The van der Waals surface area contributed by atoms with Gasteiger partial charge < -0.3 is 0 Å². The zero-order valence-corrected chi connectivity index (χ0v) is 12.1. The Bertz CT molecular complexity index is 605. The number of hydrogen-bond donors (Lipinski definition) is 0. The molecule has 0 saturated heterocycles. The minimum absolute atomic E-state index is 0.226. The first-order chi connectivity index (χ1) is 9.15. The molecule has 8 heteroatoms. The summed E-state index contributed by atoms with van der Waals surface area (Å²) in [6, 6.07) is 4.28. The predicted molar refractivity (Wildman–Crippen MR) is 70.7 cm³/mol. The van der Waals surface area contributed by atoms with E-state index in [0.29, 0.717) is 0 Å². The van der Waals surface area contributed by atoms with Crippen molar-refractivity contribution in [1.29, 1.82) is 0 Å². The van der Waals surface area contributed by atoms with Crippen molar-refractivity contribution in [3.8, 4) is 0 Å². The zero-order valence-electron chi connectivity index (χ0n) is 11.3. The Morgan fingerprint density at radius 1 is 1.25 bits per heavy atom. The molecule has 0 fully saturated rings. The number of rotatable bonds is 6. The molecule has 1 rings (SSSR count). The molecule has 110 valence electrons. The highest BCUT2D eigenvalue weighted by atomic mass is 32.2. The normalized spacial score (nSPS) is 13.2. The summed E-state index contributed by atoms with van der Waals surface area (Å²) in [5.41, 5.74) is -0.226. The second-order valence-electron chi connectivity index (χ2n) is 4.58. The molecule has 0 aromatic heterocycles. The summed E-state index contributed by atoms with van der Waals surface area (Å²) in [4.78, 5) is 21.0. The first-order valence-electron chi connectivity index (χ1n) is 5.83. The molecule has 0 spiro atoms. The van der Waals surface area contributed by atoms with E-state index in [1.165, 1.54) is 6.92 Å². The Morgan fingerprint density at radius 3 is 2.10 bits per heavy atom. The maximum Gasteiger partial charge on any atom is 0.297 e. The fraction of sp³-hybridized carbons (Fsp3) is 0.417. The lowest BCUT2D eigenvalue weighted by Crippen LogP contribution is -2.30. The van der Waals surface area contributed by atoms with Crippen molar-refractivity contribution in [1.82, 2.24) is 0 Å². The second-order valence-corrected chi connectivity index (χ2v) is 6.15. The van der Waals surface area contributed by atoms with Gasteiger partial charge in [-0.15, -0.1) is 0 Å². The zero-order chi connectivity index (χ0) is 15.5. The quantitative estimate of drug-likeness (QED) is 0.451. The molecule has 1 aromatic rings. The number of non-ortho nitro benzene ring substituents is 1. The number of Topliss-reactive ketones (excluding diaryl/α,β-unsaturated/α-hetero) is 1. The Morgan fingerprint density at radius 2 is 1.75 bits per heavy atom. The van der Waals surface area contributed by atoms with Crippen molar-refractivity contribution in [2.24, 2.45) is 5.92 Å². The van der Waals surface area contributed by atoms with Crippen LogP contribution in [0.25, 0.3) is 0 Å². The maximum absolute atomic E-state index is 12.0. The van der Waals surface area contributed by atoms with Crippen molar-refractivity contribution in [3.05, 3.63) is 34.4 Å². The molecule has 0 aliphatic heterocycles. The summed E-state index contributed by atoms with van der Waals surface area (Å²) in [6.45, 7) is 4.57. The fourth-order valence-electron chi connectivity index (χ4n) is 1.57. The molecule has 20 heavy (non-hydrogen) atoms. The average Bonchev–Trinajstić information content (AvgIpc) is 2.35. The van der Waals surface area contributed by atoms with Crippen LogP contribution >= 0.6 is 0 Å². The van der Waals surface area contributed by atoms with Gasteiger partial charge >= 0.3 is 0 Å². The molecule has 7 nitrogen and oxygen atoms in total. The number of hydrogen-bond acceptors (Lipinski definition) is 6. The highest BCUT2D eigenvalue weighted by Crippen LogP contribution is 2.21. The van der Waals surface area contributed by atoms with E-state index in [9.17, 15) is 23.3 Å². The van der Waals surface area contributed by atoms with Crippen molar-refractivity contribution < 1.29 is 22.3 Å². The van der Waals surface area contributed by atoms with Crippen molar-refractivity contribution in [3.63, 3.8) is 0 Å². The van der Waals surface area contributed by atoms with Gasteiger partial charge in [0.05, 0.1) is 9.82 Å². The maximum atomic E-state index is 12.0. The van der Waals surface area contributed by atoms with Crippen LogP contribution in [0.5, 0.6) is 0 Å². The van der Waals surface area contributed by atoms with E-state index >= 15 is 0 Å². The third-order valence-corrected chi connectivity index (χ3v) is 3.88. The Hall–Kier alpha value is -1.80. The van der Waals surface area contributed by atoms with Crippen molar-refractivity contribution in [2.75, 3.05) is 0 Å². The number of nitrogens with zero attached hydrogens (tertiary/aromatic N) is 1. The van der Waals surface area contributed by atoms with Crippen LogP contribution in [0.2, 0.25) is 0 Å². The van der Waals surface area contributed by atoms with E-state index in [1.54, 1.807) is 13.8 Å². The molecular formula is C12H15NO6S. The first kappa shape index (κ1) is 16.3. The van der Waals surface area contributed by atoms with E-state index in [1.807, 2.05) is 0 Å². The summed E-state index contributed by atoms with van der Waals surface area (Å²) in [5, 5.41) is 10.5. The number of carbonyl (C=O) groups excluding carboxylic acids is 1. The summed E-state index contributed by atoms with van der Waals surface area (Å²) in [7, 11) is -4.14.